The Hall–Kier alpha value is -1.10. The van der Waals surface area contributed by atoms with Gasteiger partial charge in [0.1, 0.15) is 0 Å². The van der Waals surface area contributed by atoms with Crippen LogP contribution in [0.4, 0.5) is 4.79 Å². The highest BCUT2D eigenvalue weighted by molar-refractivity contribution is 6.02. The minimum Gasteiger partial charge on any atom is -0.351 e. The molecule has 0 bridgehead atoms. The molecule has 1 unspecified atom stereocenters. The molecule has 0 saturated carbocycles. The molecule has 2 fully saturated rings. The van der Waals surface area contributed by atoms with Crippen LogP contribution in [0.25, 0.3) is 0 Å². The number of hydrogen-bond acceptors (Lipinski definition) is 3. The summed E-state index contributed by atoms with van der Waals surface area (Å²) >= 11 is 0. The largest absolute Gasteiger partial charge is 0.351 e. The van der Waals surface area contributed by atoms with E-state index < -0.39 is 0 Å². The van der Waals surface area contributed by atoms with Gasteiger partial charge in [0.15, 0.2) is 6.23 Å². The van der Waals surface area contributed by atoms with E-state index in [1.807, 2.05) is 0 Å². The molecule has 5 heteroatoms. The minimum absolute atomic E-state index is 0.110. The van der Waals surface area contributed by atoms with Crippen molar-refractivity contribution in [2.24, 2.45) is 0 Å². The molecular formula is C5H6N2O3. The summed E-state index contributed by atoms with van der Waals surface area (Å²) in [6.07, 6.45) is -0.282. The second-order valence-corrected chi connectivity index (χ2v) is 2.21. The third-order valence-electron chi connectivity index (χ3n) is 1.48. The van der Waals surface area contributed by atoms with Gasteiger partial charge in [0.25, 0.3) is 5.91 Å². The third-order valence-corrected chi connectivity index (χ3v) is 1.48. The van der Waals surface area contributed by atoms with Crippen LogP contribution in [0, 0.1) is 0 Å². The van der Waals surface area contributed by atoms with Crippen molar-refractivity contribution in [1.29, 1.82) is 0 Å². The van der Waals surface area contributed by atoms with Gasteiger partial charge in [0.05, 0.1) is 13.2 Å². The number of imide groups is 1. The molecule has 1 N–H and O–H groups in total. The number of nitrogens with zero attached hydrogens (tertiary/aromatic N) is 1. The number of rotatable bonds is 1. The minimum atomic E-state index is -0.340. The number of carbonyl (C=O) groups is 2. The first-order valence-electron chi connectivity index (χ1n) is 3.00. The van der Waals surface area contributed by atoms with Crippen LogP contribution < -0.4 is 5.32 Å². The standard InChI is InChI=1S/C5H6N2O3/c8-3-1-6-5(9)7(3)4-2-10-4/h4H,1-2H2,(H,6,9). The second-order valence-electron chi connectivity index (χ2n) is 2.21. The Balaban J connectivity index is 2.15. The Morgan fingerprint density at radius 3 is 2.70 bits per heavy atom. The molecule has 3 amide bonds. The van der Waals surface area contributed by atoms with Gasteiger partial charge in [-0.1, -0.05) is 0 Å². The highest BCUT2D eigenvalue weighted by Crippen LogP contribution is 2.17. The number of amides is 3. The van der Waals surface area contributed by atoms with Crippen LogP contribution in [-0.4, -0.2) is 36.2 Å². The van der Waals surface area contributed by atoms with E-state index in [9.17, 15) is 9.59 Å². The summed E-state index contributed by atoms with van der Waals surface area (Å²) in [4.78, 5) is 22.7. The SMILES string of the molecule is O=C1CNC(=O)N1C1CO1. The molecule has 0 aromatic rings. The smallest absolute Gasteiger partial charge is 0.326 e. The van der Waals surface area contributed by atoms with Crippen LogP contribution in [0.15, 0.2) is 0 Å². The third kappa shape index (κ3) is 0.672. The zero-order chi connectivity index (χ0) is 7.14. The average Bonchev–Trinajstić information content (AvgIpc) is 2.64. The summed E-state index contributed by atoms with van der Waals surface area (Å²) in [5.41, 5.74) is 0. The van der Waals surface area contributed by atoms with Gasteiger partial charge in [0.2, 0.25) is 0 Å². The van der Waals surface area contributed by atoms with Crippen molar-refractivity contribution >= 4 is 11.9 Å². The number of carbonyl (C=O) groups excluding carboxylic acids is 2. The van der Waals surface area contributed by atoms with Gasteiger partial charge in [-0.3, -0.25) is 4.79 Å². The number of urea groups is 1. The summed E-state index contributed by atoms with van der Waals surface area (Å²) < 4.78 is 4.78. The van der Waals surface area contributed by atoms with Crippen LogP contribution in [0.5, 0.6) is 0 Å². The molecule has 0 aromatic heterocycles. The Bertz CT molecular complexity index is 183. The monoisotopic (exact) mass is 142 g/mol. The molecular weight excluding hydrogens is 136 g/mol. The van der Waals surface area contributed by atoms with Crippen molar-refractivity contribution in [3.63, 3.8) is 0 Å². The van der Waals surface area contributed by atoms with E-state index in [1.165, 1.54) is 0 Å². The highest BCUT2D eigenvalue weighted by Gasteiger charge is 2.42. The van der Waals surface area contributed by atoms with Crippen LogP contribution in [0.2, 0.25) is 0 Å². The molecule has 0 aliphatic carbocycles. The number of ether oxygens (including phenoxy) is 1. The first-order valence-corrected chi connectivity index (χ1v) is 3.00. The van der Waals surface area contributed by atoms with Crippen molar-refractivity contribution in [2.75, 3.05) is 13.2 Å². The zero-order valence-electron chi connectivity index (χ0n) is 5.16. The lowest BCUT2D eigenvalue weighted by Gasteiger charge is -2.05. The van der Waals surface area contributed by atoms with E-state index in [2.05, 4.69) is 5.32 Å². The molecule has 54 valence electrons. The summed E-state index contributed by atoms with van der Waals surface area (Å²) in [6, 6.07) is -0.340. The molecule has 2 saturated heterocycles. The van der Waals surface area contributed by atoms with Crippen molar-refractivity contribution in [2.45, 2.75) is 6.23 Å². The molecule has 0 aromatic carbocycles. The predicted octanol–water partition coefficient (Wildman–Crippen LogP) is -1.11. The Kier molecular flexibility index (Phi) is 0.960. The van der Waals surface area contributed by atoms with Crippen LogP contribution >= 0.6 is 0 Å². The Morgan fingerprint density at radius 1 is 1.60 bits per heavy atom. The molecule has 5 nitrogen and oxygen atoms in total. The fourth-order valence-electron chi connectivity index (χ4n) is 0.918. The molecule has 2 aliphatic rings. The van der Waals surface area contributed by atoms with E-state index >= 15 is 0 Å². The molecule has 0 radical (unpaired) electrons. The molecule has 2 aliphatic heterocycles. The van der Waals surface area contributed by atoms with Gasteiger partial charge in [-0.15, -0.1) is 0 Å². The fraction of sp³-hybridized carbons (Fsp3) is 0.600. The number of epoxide rings is 1. The molecule has 0 spiro atoms. The number of hydrogen-bond donors (Lipinski definition) is 1. The molecule has 10 heavy (non-hydrogen) atoms. The molecule has 1 atom stereocenters. The van der Waals surface area contributed by atoms with E-state index in [4.69, 9.17) is 4.74 Å². The zero-order valence-corrected chi connectivity index (χ0v) is 5.16. The molecule has 2 rings (SSSR count). The van der Waals surface area contributed by atoms with Crippen molar-refractivity contribution in [3.05, 3.63) is 0 Å². The predicted molar refractivity (Wildman–Crippen MR) is 30.0 cm³/mol. The van der Waals surface area contributed by atoms with Crippen molar-refractivity contribution in [3.8, 4) is 0 Å². The average molecular weight is 142 g/mol. The Labute approximate surface area is 56.9 Å². The first-order chi connectivity index (χ1) is 4.79. The summed E-state index contributed by atoms with van der Waals surface area (Å²) in [5.74, 6) is -0.201. The van der Waals surface area contributed by atoms with Gasteiger partial charge in [-0.05, 0) is 0 Å². The van der Waals surface area contributed by atoms with Crippen molar-refractivity contribution in [1.82, 2.24) is 10.2 Å². The van der Waals surface area contributed by atoms with Crippen LogP contribution in [0.3, 0.4) is 0 Å². The second kappa shape index (κ2) is 1.69. The van der Waals surface area contributed by atoms with Gasteiger partial charge in [0, 0.05) is 0 Å². The van der Waals surface area contributed by atoms with E-state index in [0.717, 1.165) is 4.90 Å². The highest BCUT2D eigenvalue weighted by atomic mass is 16.6. The lowest BCUT2D eigenvalue weighted by atomic mass is 10.5. The van der Waals surface area contributed by atoms with E-state index in [1.54, 1.807) is 0 Å². The summed E-state index contributed by atoms with van der Waals surface area (Å²) in [5, 5.41) is 2.40. The normalized spacial score (nSPS) is 30.8. The van der Waals surface area contributed by atoms with Gasteiger partial charge in [-0.2, -0.15) is 0 Å². The first kappa shape index (κ1) is 5.67. The van der Waals surface area contributed by atoms with Crippen LogP contribution in [0.1, 0.15) is 0 Å². The van der Waals surface area contributed by atoms with E-state index in [0.29, 0.717) is 6.61 Å². The molecule has 2 heterocycles. The van der Waals surface area contributed by atoms with Crippen LogP contribution in [-0.2, 0) is 9.53 Å². The van der Waals surface area contributed by atoms with Gasteiger partial charge < -0.3 is 10.1 Å². The van der Waals surface area contributed by atoms with E-state index in [-0.39, 0.29) is 24.7 Å². The lowest BCUT2D eigenvalue weighted by Crippen LogP contribution is -2.33. The quantitative estimate of drug-likeness (QED) is 0.373. The maximum Gasteiger partial charge on any atom is 0.326 e. The Morgan fingerprint density at radius 2 is 2.30 bits per heavy atom. The maximum atomic E-state index is 10.8. The lowest BCUT2D eigenvalue weighted by molar-refractivity contribution is -0.126. The van der Waals surface area contributed by atoms with Crippen molar-refractivity contribution < 1.29 is 14.3 Å². The number of nitrogens with one attached hydrogen (secondary N) is 1. The summed E-state index contributed by atoms with van der Waals surface area (Å²) in [7, 11) is 0. The van der Waals surface area contributed by atoms with Gasteiger partial charge in [-0.25, -0.2) is 9.69 Å². The topological polar surface area (TPSA) is 61.9 Å². The fourth-order valence-corrected chi connectivity index (χ4v) is 0.918. The van der Waals surface area contributed by atoms with Gasteiger partial charge >= 0.3 is 6.03 Å². The summed E-state index contributed by atoms with van der Waals surface area (Å²) in [6.45, 7) is 0.595. The maximum absolute atomic E-state index is 10.8.